The maximum absolute atomic E-state index is 15.6. The van der Waals surface area contributed by atoms with E-state index in [0.29, 0.717) is 41.9 Å². The third-order valence-electron chi connectivity index (χ3n) is 21.1. The summed E-state index contributed by atoms with van der Waals surface area (Å²) in [6.45, 7) is 24.6. The van der Waals surface area contributed by atoms with Gasteiger partial charge in [-0.05, 0) is 159 Å². The van der Waals surface area contributed by atoms with Crippen molar-refractivity contribution in [3.63, 3.8) is 0 Å². The second-order valence-electron chi connectivity index (χ2n) is 24.5. The SMILES string of the molecule is C=C(C)[C@@H]1CC[C@]2(C(=O)N3CCCC3c3ncc(-c4cccnc4)[nH]3)CC[C@]3(C)[C@H](CCC4[C@@]5(C)CC[C@H](OC(=O)C6CC(C(=O)OCc7ccccc7)C6(C)C)C(C)(C)C5CC[C@]43C)C12. The smallest absolute Gasteiger partial charge is 0.309 e. The molecule has 6 aliphatic carbocycles. The summed E-state index contributed by atoms with van der Waals surface area (Å²) in [5, 5.41) is 0. The van der Waals surface area contributed by atoms with Crippen LogP contribution in [0.15, 0.2) is 73.2 Å². The molecule has 1 amide bonds. The lowest BCUT2D eigenvalue weighted by molar-refractivity contribution is -0.251. The molecule has 6 unspecified atom stereocenters. The van der Waals surface area contributed by atoms with Crippen molar-refractivity contribution in [3.05, 3.63) is 84.6 Å². The topological polar surface area (TPSA) is 114 Å². The first-order valence-corrected chi connectivity index (χ1v) is 25.7. The number of ether oxygens (including phenoxy) is 2. The van der Waals surface area contributed by atoms with Gasteiger partial charge in [0.15, 0.2) is 0 Å². The van der Waals surface area contributed by atoms with Crippen molar-refractivity contribution in [2.75, 3.05) is 6.54 Å². The summed E-state index contributed by atoms with van der Waals surface area (Å²) < 4.78 is 12.4. The Morgan fingerprint density at radius 3 is 2.29 bits per heavy atom. The van der Waals surface area contributed by atoms with Gasteiger partial charge in [-0.15, -0.1) is 0 Å². The zero-order chi connectivity index (χ0) is 46.6. The number of aromatic nitrogens is 3. The van der Waals surface area contributed by atoms with E-state index in [1.807, 2.05) is 68.7 Å². The highest BCUT2D eigenvalue weighted by Crippen LogP contribution is 2.78. The Bertz CT molecular complexity index is 2360. The summed E-state index contributed by atoms with van der Waals surface area (Å²) in [6.07, 6.45) is 18.4. The summed E-state index contributed by atoms with van der Waals surface area (Å²) in [5.41, 5.74) is 3.43. The first kappa shape index (κ1) is 45.5. The van der Waals surface area contributed by atoms with Crippen LogP contribution in [-0.4, -0.2) is 50.3 Å². The molecule has 66 heavy (non-hydrogen) atoms. The van der Waals surface area contributed by atoms with Gasteiger partial charge in [0.1, 0.15) is 18.5 Å². The van der Waals surface area contributed by atoms with E-state index < -0.39 is 5.41 Å². The molecule has 1 saturated heterocycles. The van der Waals surface area contributed by atoms with Crippen LogP contribution in [0.2, 0.25) is 0 Å². The molecule has 0 bridgehead atoms. The van der Waals surface area contributed by atoms with Gasteiger partial charge in [0.2, 0.25) is 5.91 Å². The fraction of sp³-hybridized carbons (Fsp3) is 0.667. The second-order valence-corrected chi connectivity index (χ2v) is 24.5. The molecule has 3 aromatic rings. The molecule has 354 valence electrons. The van der Waals surface area contributed by atoms with Crippen molar-refractivity contribution in [1.82, 2.24) is 19.9 Å². The molecule has 10 rings (SSSR count). The number of aromatic amines is 1. The Morgan fingerprint density at radius 1 is 0.788 bits per heavy atom. The molecule has 0 radical (unpaired) electrons. The summed E-state index contributed by atoms with van der Waals surface area (Å²) in [7, 11) is 0. The van der Waals surface area contributed by atoms with E-state index in [1.165, 1.54) is 12.0 Å². The van der Waals surface area contributed by atoms with Crippen molar-refractivity contribution in [3.8, 4) is 11.3 Å². The molecule has 0 spiro atoms. The summed E-state index contributed by atoms with van der Waals surface area (Å²) in [6, 6.07) is 13.7. The van der Waals surface area contributed by atoms with Gasteiger partial charge in [0, 0.05) is 29.9 Å². The predicted molar refractivity (Wildman–Crippen MR) is 256 cm³/mol. The normalized spacial score (nSPS) is 39.6. The Balaban J connectivity index is 0.849. The molecule has 7 fully saturated rings. The zero-order valence-electron chi connectivity index (χ0n) is 41.2. The van der Waals surface area contributed by atoms with Crippen LogP contribution in [0, 0.1) is 73.9 Å². The molecular weight excluding hydrogens is 821 g/mol. The van der Waals surface area contributed by atoms with E-state index in [4.69, 9.17) is 14.5 Å². The number of allylic oxidation sites excluding steroid dienone is 1. The number of imidazole rings is 1. The number of benzene rings is 1. The van der Waals surface area contributed by atoms with E-state index >= 15 is 4.79 Å². The second kappa shape index (κ2) is 16.2. The lowest BCUT2D eigenvalue weighted by Crippen LogP contribution is -2.67. The number of fused-ring (bicyclic) bond motifs is 7. The Hall–Kier alpha value is -4.27. The Kier molecular flexibility index (Phi) is 11.2. The molecule has 9 heteroatoms. The van der Waals surface area contributed by atoms with Crippen molar-refractivity contribution in [2.24, 2.45) is 73.9 Å². The summed E-state index contributed by atoms with van der Waals surface area (Å²) in [5.74, 6) is 2.34. The van der Waals surface area contributed by atoms with Crippen LogP contribution in [0.1, 0.15) is 156 Å². The summed E-state index contributed by atoms with van der Waals surface area (Å²) >= 11 is 0. The molecule has 2 aromatic heterocycles. The van der Waals surface area contributed by atoms with Crippen LogP contribution in [0.3, 0.4) is 0 Å². The number of rotatable bonds is 9. The predicted octanol–water partition coefficient (Wildman–Crippen LogP) is 12.1. The van der Waals surface area contributed by atoms with Gasteiger partial charge in [-0.25, -0.2) is 4.98 Å². The van der Waals surface area contributed by atoms with Gasteiger partial charge in [-0.1, -0.05) is 91.0 Å². The first-order valence-electron chi connectivity index (χ1n) is 25.7. The van der Waals surface area contributed by atoms with E-state index in [-0.39, 0.29) is 69.6 Å². The van der Waals surface area contributed by atoms with Crippen molar-refractivity contribution in [2.45, 2.75) is 158 Å². The van der Waals surface area contributed by atoms with Crippen LogP contribution >= 0.6 is 0 Å². The lowest BCUT2D eigenvalue weighted by Gasteiger charge is -2.73. The van der Waals surface area contributed by atoms with Gasteiger partial charge in [-0.3, -0.25) is 19.4 Å². The summed E-state index contributed by atoms with van der Waals surface area (Å²) in [4.78, 5) is 58.0. The minimum atomic E-state index is -0.524. The first-order chi connectivity index (χ1) is 31.4. The highest BCUT2D eigenvalue weighted by molar-refractivity contribution is 5.85. The lowest BCUT2D eigenvalue weighted by atomic mass is 9.32. The minimum absolute atomic E-state index is 0.0394. The van der Waals surface area contributed by atoms with Gasteiger partial charge < -0.3 is 19.4 Å². The number of carbonyl (C=O) groups is 3. The fourth-order valence-electron chi connectivity index (χ4n) is 17.2. The highest BCUT2D eigenvalue weighted by Gasteiger charge is 2.72. The van der Waals surface area contributed by atoms with Crippen molar-refractivity contribution < 1.29 is 23.9 Å². The van der Waals surface area contributed by atoms with Crippen molar-refractivity contribution in [1.29, 1.82) is 0 Å². The van der Waals surface area contributed by atoms with E-state index in [1.54, 1.807) is 6.20 Å². The fourth-order valence-corrected chi connectivity index (χ4v) is 17.2. The maximum Gasteiger partial charge on any atom is 0.309 e. The number of carbonyl (C=O) groups excluding carboxylic acids is 3. The third kappa shape index (κ3) is 6.75. The number of esters is 2. The highest BCUT2D eigenvalue weighted by atomic mass is 16.5. The van der Waals surface area contributed by atoms with E-state index in [2.05, 4.69) is 63.0 Å². The van der Waals surface area contributed by atoms with Gasteiger partial charge in [0.25, 0.3) is 0 Å². The average molecular weight is 897 g/mol. The molecule has 3 heterocycles. The molecule has 13 atom stereocenters. The molecule has 9 nitrogen and oxygen atoms in total. The molecule has 6 saturated carbocycles. The largest absolute Gasteiger partial charge is 0.462 e. The number of amides is 1. The number of hydrogen-bond donors (Lipinski definition) is 1. The number of likely N-dealkylation sites (tertiary alicyclic amines) is 1. The number of nitrogens with one attached hydrogen (secondary N) is 1. The molecule has 7 aliphatic rings. The van der Waals surface area contributed by atoms with Crippen LogP contribution in [0.5, 0.6) is 0 Å². The molecular formula is C57H76N4O5. The Morgan fingerprint density at radius 2 is 1.56 bits per heavy atom. The van der Waals surface area contributed by atoms with Crippen molar-refractivity contribution >= 4 is 17.8 Å². The zero-order valence-corrected chi connectivity index (χ0v) is 41.2. The minimum Gasteiger partial charge on any atom is -0.462 e. The number of nitrogens with zero attached hydrogens (tertiary/aromatic N) is 3. The van der Waals surface area contributed by atoms with E-state index in [0.717, 1.165) is 99.8 Å². The Labute approximate surface area is 394 Å². The number of H-pyrrole nitrogens is 1. The monoisotopic (exact) mass is 897 g/mol. The van der Waals surface area contributed by atoms with Crippen LogP contribution in [0.4, 0.5) is 0 Å². The van der Waals surface area contributed by atoms with Crippen LogP contribution < -0.4 is 0 Å². The number of pyridine rings is 1. The van der Waals surface area contributed by atoms with Gasteiger partial charge >= 0.3 is 11.9 Å². The average Bonchev–Trinajstić information content (AvgIpc) is 4.07. The van der Waals surface area contributed by atoms with Gasteiger partial charge in [0.05, 0.1) is 35.2 Å². The number of hydrogen-bond acceptors (Lipinski definition) is 7. The maximum atomic E-state index is 15.6. The molecule has 1 aliphatic heterocycles. The quantitative estimate of drug-likeness (QED) is 0.168. The van der Waals surface area contributed by atoms with E-state index in [9.17, 15) is 9.59 Å². The van der Waals surface area contributed by atoms with Crippen LogP contribution in [0.25, 0.3) is 11.3 Å². The van der Waals surface area contributed by atoms with Gasteiger partial charge in [-0.2, -0.15) is 0 Å². The third-order valence-corrected chi connectivity index (χ3v) is 21.1. The molecule has 1 N–H and O–H groups in total. The van der Waals surface area contributed by atoms with Crippen LogP contribution in [-0.2, 0) is 30.5 Å². The standard InChI is InChI=1S/C57H76N4O5/c1-35(2)38-21-26-57(51(64)61-30-14-18-43(61)48-59-33-42(60-48)37-17-13-29-58-32-37)28-27-55(8)39(47(38)57)19-20-45-54(7)24-23-46(53(5,6)44(54)22-25-56(45,55)9)66-50(63)41-31-40(52(41,3)4)49(62)65-34-36-15-11-10-12-16-36/h10-13,15-17,29,32-33,38-41,43-47H,1,14,18-28,30-31,34H2,2-9H3,(H,59,60)/t38-,39+,40?,41?,43?,44?,45?,46-,47?,54-,55+,56+,57-/m0/s1. The molecule has 1 aromatic carbocycles.